The van der Waals surface area contributed by atoms with Gasteiger partial charge in [0, 0.05) is 27.8 Å². The van der Waals surface area contributed by atoms with Crippen molar-refractivity contribution in [1.82, 2.24) is 4.98 Å². The van der Waals surface area contributed by atoms with Crippen molar-refractivity contribution in [3.63, 3.8) is 0 Å². The quantitative estimate of drug-likeness (QED) is 0.675. The van der Waals surface area contributed by atoms with Gasteiger partial charge in [0.2, 0.25) is 0 Å². The fourth-order valence-corrected chi connectivity index (χ4v) is 2.93. The molecule has 0 amide bonds. The van der Waals surface area contributed by atoms with Crippen LogP contribution in [0.2, 0.25) is 0 Å². The number of ether oxygens (including phenoxy) is 2. The number of fused-ring (bicyclic) bond motifs is 1. The van der Waals surface area contributed by atoms with Crippen molar-refractivity contribution in [1.29, 1.82) is 5.26 Å². The van der Waals surface area contributed by atoms with E-state index in [0.29, 0.717) is 28.3 Å². The molecular weight excluding hydrogens is 382 g/mol. The Balaban J connectivity index is 2.20. The van der Waals surface area contributed by atoms with Crippen molar-refractivity contribution >= 4 is 38.2 Å². The molecule has 0 bridgehead atoms. The van der Waals surface area contributed by atoms with Crippen molar-refractivity contribution in [3.05, 3.63) is 52.1 Å². The summed E-state index contributed by atoms with van der Waals surface area (Å²) in [6.07, 6.45) is 1.56. The number of aromatic nitrogens is 1. The van der Waals surface area contributed by atoms with Gasteiger partial charge in [-0.05, 0) is 30.7 Å². The number of benzene rings is 2. The van der Waals surface area contributed by atoms with Crippen LogP contribution in [0.25, 0.3) is 10.9 Å². The lowest BCUT2D eigenvalue weighted by molar-refractivity contribution is 0.356. The number of nitrogens with one attached hydrogen (secondary N) is 1. The van der Waals surface area contributed by atoms with Crippen LogP contribution in [0.5, 0.6) is 11.5 Å². The van der Waals surface area contributed by atoms with Crippen molar-refractivity contribution in [2.75, 3.05) is 19.5 Å². The van der Waals surface area contributed by atoms with Gasteiger partial charge >= 0.3 is 0 Å². The van der Waals surface area contributed by atoms with Gasteiger partial charge in [-0.2, -0.15) is 5.26 Å². The fourth-order valence-electron chi connectivity index (χ4n) is 2.55. The zero-order valence-electron chi connectivity index (χ0n) is 14.1. The van der Waals surface area contributed by atoms with Crippen molar-refractivity contribution in [2.45, 2.75) is 6.92 Å². The summed E-state index contributed by atoms with van der Waals surface area (Å²) in [5.74, 6) is 1.18. The van der Waals surface area contributed by atoms with E-state index in [4.69, 9.17) is 9.47 Å². The molecule has 126 valence electrons. The van der Waals surface area contributed by atoms with Gasteiger partial charge < -0.3 is 14.8 Å². The Bertz CT molecular complexity index is 996. The summed E-state index contributed by atoms with van der Waals surface area (Å²) in [5, 5.41) is 13.6. The number of hydrogen-bond acceptors (Lipinski definition) is 5. The molecule has 0 saturated heterocycles. The molecule has 0 spiro atoms. The third-order valence-electron chi connectivity index (χ3n) is 3.93. The van der Waals surface area contributed by atoms with Gasteiger partial charge in [0.1, 0.15) is 6.07 Å². The number of nitriles is 1. The topological polar surface area (TPSA) is 67.2 Å². The monoisotopic (exact) mass is 397 g/mol. The molecule has 0 saturated carbocycles. The molecule has 5 nitrogen and oxygen atoms in total. The van der Waals surface area contributed by atoms with Crippen LogP contribution >= 0.6 is 15.9 Å². The predicted molar refractivity (Wildman–Crippen MR) is 102 cm³/mol. The Labute approximate surface area is 154 Å². The van der Waals surface area contributed by atoms with Crippen molar-refractivity contribution in [3.8, 4) is 17.6 Å². The van der Waals surface area contributed by atoms with Crippen LogP contribution in [0.3, 0.4) is 0 Å². The first kappa shape index (κ1) is 17.1. The second-order valence-corrected chi connectivity index (χ2v) is 6.33. The van der Waals surface area contributed by atoms with Crippen molar-refractivity contribution in [2.24, 2.45) is 0 Å². The molecule has 1 N–H and O–H groups in total. The van der Waals surface area contributed by atoms with Crippen LogP contribution in [0.15, 0.2) is 41.0 Å². The lowest BCUT2D eigenvalue weighted by Crippen LogP contribution is -1.98. The number of anilines is 2. The normalized spacial score (nSPS) is 10.4. The molecule has 0 aliphatic carbocycles. The summed E-state index contributed by atoms with van der Waals surface area (Å²) in [6, 6.07) is 11.8. The Kier molecular flexibility index (Phi) is 4.77. The molecule has 3 rings (SSSR count). The maximum absolute atomic E-state index is 9.49. The van der Waals surface area contributed by atoms with E-state index in [0.717, 1.165) is 21.1 Å². The zero-order valence-corrected chi connectivity index (χ0v) is 15.6. The van der Waals surface area contributed by atoms with Crippen LogP contribution in [0.1, 0.15) is 11.1 Å². The average molecular weight is 398 g/mol. The Morgan fingerprint density at radius 3 is 2.48 bits per heavy atom. The standard InChI is InChI=1S/C19H16BrN3O2/c1-11-4-5-13(6-15(11)20)23-19-12(9-21)10-22-16-8-18(25-3)17(24-2)7-14(16)19/h4-8,10H,1-3H3,(H,22,23). The predicted octanol–water partition coefficient (Wildman–Crippen LogP) is 4.94. The minimum absolute atomic E-state index is 0.455. The lowest BCUT2D eigenvalue weighted by Gasteiger charge is -2.14. The van der Waals surface area contributed by atoms with Gasteiger partial charge in [0.25, 0.3) is 0 Å². The number of halogens is 1. The highest BCUT2D eigenvalue weighted by Crippen LogP contribution is 2.37. The smallest absolute Gasteiger partial charge is 0.162 e. The van der Waals surface area contributed by atoms with E-state index in [1.165, 1.54) is 0 Å². The van der Waals surface area contributed by atoms with Gasteiger partial charge in [0.15, 0.2) is 11.5 Å². The highest BCUT2D eigenvalue weighted by Gasteiger charge is 2.14. The number of nitrogens with zero attached hydrogens (tertiary/aromatic N) is 2. The van der Waals surface area contributed by atoms with E-state index in [1.54, 1.807) is 26.5 Å². The largest absolute Gasteiger partial charge is 0.493 e. The summed E-state index contributed by atoms with van der Waals surface area (Å²) in [6.45, 7) is 2.02. The summed E-state index contributed by atoms with van der Waals surface area (Å²) in [5.41, 5.74) is 3.86. The molecule has 3 aromatic rings. The number of hydrogen-bond donors (Lipinski definition) is 1. The Morgan fingerprint density at radius 1 is 1.12 bits per heavy atom. The third kappa shape index (κ3) is 3.24. The van der Waals surface area contributed by atoms with E-state index >= 15 is 0 Å². The van der Waals surface area contributed by atoms with E-state index in [-0.39, 0.29) is 0 Å². The molecule has 1 heterocycles. The molecule has 6 heteroatoms. The minimum atomic E-state index is 0.455. The molecule has 0 radical (unpaired) electrons. The van der Waals surface area contributed by atoms with E-state index < -0.39 is 0 Å². The van der Waals surface area contributed by atoms with Crippen LogP contribution in [-0.4, -0.2) is 19.2 Å². The maximum atomic E-state index is 9.49. The van der Waals surface area contributed by atoms with Gasteiger partial charge in [-0.15, -0.1) is 0 Å². The molecule has 0 aliphatic heterocycles. The fraction of sp³-hybridized carbons (Fsp3) is 0.158. The SMILES string of the molecule is COc1cc2ncc(C#N)c(Nc3ccc(C)c(Br)c3)c2cc1OC. The third-order valence-corrected chi connectivity index (χ3v) is 4.79. The molecule has 2 aromatic carbocycles. The first-order chi connectivity index (χ1) is 12.1. The molecule has 0 aliphatic rings. The second-order valence-electron chi connectivity index (χ2n) is 5.47. The van der Waals surface area contributed by atoms with Crippen LogP contribution in [0.4, 0.5) is 11.4 Å². The second kappa shape index (κ2) is 6.99. The van der Waals surface area contributed by atoms with Gasteiger partial charge in [0.05, 0.1) is 31.0 Å². The summed E-state index contributed by atoms with van der Waals surface area (Å²) in [4.78, 5) is 4.36. The lowest BCUT2D eigenvalue weighted by atomic mass is 10.1. The van der Waals surface area contributed by atoms with Gasteiger partial charge in [-0.25, -0.2) is 0 Å². The molecule has 25 heavy (non-hydrogen) atoms. The molecule has 0 atom stereocenters. The molecule has 1 aromatic heterocycles. The molecule has 0 unspecified atom stereocenters. The summed E-state index contributed by atoms with van der Waals surface area (Å²) >= 11 is 3.53. The number of aryl methyl sites for hydroxylation is 1. The maximum Gasteiger partial charge on any atom is 0.162 e. The summed E-state index contributed by atoms with van der Waals surface area (Å²) < 4.78 is 11.7. The van der Waals surface area contributed by atoms with E-state index in [2.05, 4.69) is 32.3 Å². The first-order valence-electron chi connectivity index (χ1n) is 7.55. The number of methoxy groups -OCH3 is 2. The van der Waals surface area contributed by atoms with E-state index in [9.17, 15) is 5.26 Å². The number of rotatable bonds is 4. The Hall–Kier alpha value is -2.78. The highest BCUT2D eigenvalue weighted by atomic mass is 79.9. The number of pyridine rings is 1. The minimum Gasteiger partial charge on any atom is -0.493 e. The average Bonchev–Trinajstić information content (AvgIpc) is 2.63. The van der Waals surface area contributed by atoms with Gasteiger partial charge in [-0.3, -0.25) is 4.98 Å². The molecular formula is C19H16BrN3O2. The zero-order chi connectivity index (χ0) is 18.0. The Morgan fingerprint density at radius 2 is 1.84 bits per heavy atom. The summed E-state index contributed by atoms with van der Waals surface area (Å²) in [7, 11) is 3.16. The van der Waals surface area contributed by atoms with Crippen LogP contribution in [0, 0.1) is 18.3 Å². The van der Waals surface area contributed by atoms with Crippen LogP contribution in [-0.2, 0) is 0 Å². The molecule has 0 fully saturated rings. The van der Waals surface area contributed by atoms with Gasteiger partial charge in [-0.1, -0.05) is 22.0 Å². The highest BCUT2D eigenvalue weighted by molar-refractivity contribution is 9.10. The van der Waals surface area contributed by atoms with Crippen LogP contribution < -0.4 is 14.8 Å². The first-order valence-corrected chi connectivity index (χ1v) is 8.34. The van der Waals surface area contributed by atoms with Crippen molar-refractivity contribution < 1.29 is 9.47 Å². The van der Waals surface area contributed by atoms with E-state index in [1.807, 2.05) is 31.2 Å².